The smallest absolute Gasteiger partial charge is 0.133 e. The largest absolute Gasteiger partial charge is 0.486 e. The monoisotopic (exact) mass is 367 g/mol. The van der Waals surface area contributed by atoms with E-state index in [1.807, 2.05) is 22.9 Å². The zero-order chi connectivity index (χ0) is 15.0. The molecule has 2 aromatic rings. The van der Waals surface area contributed by atoms with Gasteiger partial charge in [0, 0.05) is 16.7 Å². The van der Waals surface area contributed by atoms with Crippen LogP contribution in [0.4, 0.5) is 0 Å². The third kappa shape index (κ3) is 2.84. The van der Waals surface area contributed by atoms with E-state index in [0.29, 0.717) is 0 Å². The van der Waals surface area contributed by atoms with Crippen LogP contribution in [0.2, 0.25) is 0 Å². The molecule has 0 bridgehead atoms. The van der Waals surface area contributed by atoms with Crippen molar-refractivity contribution in [2.75, 3.05) is 5.75 Å². The summed E-state index contributed by atoms with van der Waals surface area (Å²) in [5.74, 6) is 1.76. The number of hydrogen-bond donors (Lipinski definition) is 1. The Hall–Kier alpha value is -0.980. The zero-order valence-electron chi connectivity index (χ0n) is 12.0. The quantitative estimate of drug-likeness (QED) is 0.896. The van der Waals surface area contributed by atoms with Crippen LogP contribution in [0, 0.1) is 0 Å². The zero-order valence-corrected chi connectivity index (χ0v) is 14.4. The van der Waals surface area contributed by atoms with Crippen molar-refractivity contribution in [1.29, 1.82) is 0 Å². The first-order valence-electron chi connectivity index (χ1n) is 6.95. The molecule has 0 fully saturated rings. The topological polar surface area (TPSA) is 53.1 Å². The maximum Gasteiger partial charge on any atom is 0.133 e. The van der Waals surface area contributed by atoms with E-state index in [9.17, 15) is 0 Å². The van der Waals surface area contributed by atoms with Crippen molar-refractivity contribution < 1.29 is 4.74 Å². The van der Waals surface area contributed by atoms with E-state index in [4.69, 9.17) is 10.5 Å². The molecule has 6 heteroatoms. The minimum Gasteiger partial charge on any atom is -0.486 e. The minimum absolute atomic E-state index is 0.0598. The maximum atomic E-state index is 6.48. The molecule has 0 radical (unpaired) electrons. The predicted molar refractivity (Wildman–Crippen MR) is 88.8 cm³/mol. The molecule has 2 unspecified atom stereocenters. The van der Waals surface area contributed by atoms with Gasteiger partial charge in [0.25, 0.3) is 0 Å². The first-order chi connectivity index (χ1) is 10.1. The average molecular weight is 368 g/mol. The van der Waals surface area contributed by atoms with Gasteiger partial charge in [0.1, 0.15) is 11.9 Å². The lowest BCUT2D eigenvalue weighted by atomic mass is 10.1. The Morgan fingerprint density at radius 2 is 2.19 bits per heavy atom. The molecule has 1 aromatic heterocycles. The van der Waals surface area contributed by atoms with Crippen molar-refractivity contribution in [3.63, 3.8) is 0 Å². The van der Waals surface area contributed by atoms with E-state index in [0.717, 1.165) is 21.7 Å². The fraction of sp³-hybridized carbons (Fsp3) is 0.400. The summed E-state index contributed by atoms with van der Waals surface area (Å²) in [5.41, 5.74) is 7.48. The van der Waals surface area contributed by atoms with Gasteiger partial charge in [-0.05, 0) is 41.9 Å². The highest BCUT2D eigenvalue weighted by Gasteiger charge is 2.30. The summed E-state index contributed by atoms with van der Waals surface area (Å²) in [6.07, 6.45) is 1.74. The number of ether oxygens (including phenoxy) is 1. The standard InChI is InChI=1S/C15H18BrN3OS/c1-9(2)19-15(10(16)7-18-19)14(17)12-8-21-13-6-4-3-5-11(13)20-12/h3-7,9,12,14H,8,17H2,1-2H3. The molecule has 0 amide bonds. The summed E-state index contributed by atoms with van der Waals surface area (Å²) < 4.78 is 9.00. The van der Waals surface area contributed by atoms with Gasteiger partial charge in [-0.2, -0.15) is 5.10 Å². The van der Waals surface area contributed by atoms with E-state index in [1.54, 1.807) is 18.0 Å². The van der Waals surface area contributed by atoms with Crippen LogP contribution in [0.15, 0.2) is 39.8 Å². The summed E-state index contributed by atoms with van der Waals surface area (Å²) in [7, 11) is 0. The van der Waals surface area contributed by atoms with Crippen LogP contribution in [0.25, 0.3) is 0 Å². The molecule has 4 nitrogen and oxygen atoms in total. The Kier molecular flexibility index (Phi) is 4.28. The molecule has 0 saturated heterocycles. The van der Waals surface area contributed by atoms with Crippen molar-refractivity contribution in [2.24, 2.45) is 5.73 Å². The third-order valence-electron chi connectivity index (χ3n) is 3.52. The van der Waals surface area contributed by atoms with Gasteiger partial charge in [0.15, 0.2) is 0 Å². The average Bonchev–Trinajstić information content (AvgIpc) is 2.88. The van der Waals surface area contributed by atoms with E-state index >= 15 is 0 Å². The van der Waals surface area contributed by atoms with E-state index in [2.05, 4.69) is 40.9 Å². The summed E-state index contributed by atoms with van der Waals surface area (Å²) >= 11 is 5.35. The first-order valence-corrected chi connectivity index (χ1v) is 8.72. The Labute approximate surface area is 137 Å². The normalized spacial score (nSPS) is 19.2. The highest BCUT2D eigenvalue weighted by Crippen LogP contribution is 2.38. The Morgan fingerprint density at radius 3 is 2.95 bits per heavy atom. The van der Waals surface area contributed by atoms with Crippen LogP contribution in [0.3, 0.4) is 0 Å². The second kappa shape index (κ2) is 6.02. The molecule has 3 rings (SSSR count). The number of rotatable bonds is 3. The lowest BCUT2D eigenvalue weighted by Crippen LogP contribution is -2.37. The summed E-state index contributed by atoms with van der Waals surface area (Å²) in [6.45, 7) is 4.20. The van der Waals surface area contributed by atoms with Crippen LogP contribution < -0.4 is 10.5 Å². The second-order valence-electron chi connectivity index (χ2n) is 5.36. The van der Waals surface area contributed by atoms with Gasteiger partial charge in [-0.25, -0.2) is 0 Å². The van der Waals surface area contributed by atoms with Crippen molar-refractivity contribution in [1.82, 2.24) is 9.78 Å². The van der Waals surface area contributed by atoms with Crippen molar-refractivity contribution >= 4 is 27.7 Å². The molecule has 0 saturated carbocycles. The Bertz CT molecular complexity index is 644. The maximum absolute atomic E-state index is 6.48. The van der Waals surface area contributed by atoms with Crippen molar-refractivity contribution in [3.05, 3.63) is 40.6 Å². The van der Waals surface area contributed by atoms with Gasteiger partial charge in [-0.15, -0.1) is 11.8 Å². The van der Waals surface area contributed by atoms with Crippen LogP contribution in [-0.4, -0.2) is 21.6 Å². The van der Waals surface area contributed by atoms with E-state index < -0.39 is 0 Å². The molecular formula is C15H18BrN3OS. The van der Waals surface area contributed by atoms with Gasteiger partial charge in [-0.3, -0.25) is 4.68 Å². The molecule has 2 atom stereocenters. The van der Waals surface area contributed by atoms with E-state index in [1.165, 1.54) is 4.90 Å². The van der Waals surface area contributed by atoms with Crippen LogP contribution >= 0.6 is 27.7 Å². The number of nitrogens with two attached hydrogens (primary N) is 1. The summed E-state index contributed by atoms with van der Waals surface area (Å²) in [6, 6.07) is 8.14. The molecule has 0 aliphatic carbocycles. The molecule has 1 aromatic carbocycles. The third-order valence-corrected chi connectivity index (χ3v) is 5.28. The van der Waals surface area contributed by atoms with Crippen molar-refractivity contribution in [2.45, 2.75) is 36.9 Å². The molecule has 2 N–H and O–H groups in total. The number of hydrogen-bond acceptors (Lipinski definition) is 4. The lowest BCUT2D eigenvalue weighted by molar-refractivity contribution is 0.180. The van der Waals surface area contributed by atoms with Gasteiger partial charge >= 0.3 is 0 Å². The minimum atomic E-state index is -0.217. The predicted octanol–water partition coefficient (Wildman–Crippen LogP) is 3.78. The SMILES string of the molecule is CC(C)n1ncc(Br)c1C(N)C1CSc2ccccc2O1. The Balaban J connectivity index is 1.87. The molecule has 112 valence electrons. The molecule has 1 aliphatic rings. The number of benzene rings is 1. The number of thioether (sulfide) groups is 1. The number of halogens is 1. The number of para-hydroxylation sites is 1. The number of nitrogens with zero attached hydrogens (tertiary/aromatic N) is 2. The fourth-order valence-electron chi connectivity index (χ4n) is 2.46. The highest BCUT2D eigenvalue weighted by molar-refractivity contribution is 9.10. The van der Waals surface area contributed by atoms with Gasteiger partial charge in [0.05, 0.1) is 22.4 Å². The fourth-order valence-corrected chi connectivity index (χ4v) is 4.05. The lowest BCUT2D eigenvalue weighted by Gasteiger charge is -2.30. The second-order valence-corrected chi connectivity index (χ2v) is 7.27. The molecular weight excluding hydrogens is 350 g/mol. The first kappa shape index (κ1) is 14.9. The van der Waals surface area contributed by atoms with Crippen LogP contribution in [-0.2, 0) is 0 Å². The van der Waals surface area contributed by atoms with Gasteiger partial charge in [-0.1, -0.05) is 12.1 Å². The molecule has 1 aliphatic heterocycles. The highest BCUT2D eigenvalue weighted by atomic mass is 79.9. The molecule has 2 heterocycles. The van der Waals surface area contributed by atoms with Crippen molar-refractivity contribution in [3.8, 4) is 5.75 Å². The summed E-state index contributed by atoms with van der Waals surface area (Å²) in [4.78, 5) is 1.18. The van der Waals surface area contributed by atoms with Crippen LogP contribution in [0.5, 0.6) is 5.75 Å². The van der Waals surface area contributed by atoms with Gasteiger partial charge < -0.3 is 10.5 Å². The molecule has 21 heavy (non-hydrogen) atoms. The number of aromatic nitrogens is 2. The Morgan fingerprint density at radius 1 is 1.43 bits per heavy atom. The van der Waals surface area contributed by atoms with E-state index in [-0.39, 0.29) is 18.2 Å². The summed E-state index contributed by atoms with van der Waals surface area (Å²) in [5, 5.41) is 4.40. The van der Waals surface area contributed by atoms with Gasteiger partial charge in [0.2, 0.25) is 0 Å². The number of fused-ring (bicyclic) bond motifs is 1. The van der Waals surface area contributed by atoms with Crippen LogP contribution in [0.1, 0.15) is 31.6 Å². The molecule has 0 spiro atoms.